The Bertz CT molecular complexity index is 189. The maximum atomic E-state index is 6.35. The number of halogens is 1. The van der Waals surface area contributed by atoms with E-state index in [-0.39, 0.29) is 0 Å². The highest BCUT2D eigenvalue weighted by molar-refractivity contribution is 7.78. The first kappa shape index (κ1) is 16.9. The summed E-state index contributed by atoms with van der Waals surface area (Å²) in [5.41, 5.74) is 0. The van der Waals surface area contributed by atoms with Crippen LogP contribution in [-0.4, -0.2) is 31.4 Å². The molecule has 0 rings (SSSR count). The lowest BCUT2D eigenvalue weighted by atomic mass is 10.3. The highest BCUT2D eigenvalue weighted by atomic mass is 35.7. The average Bonchev–Trinajstić information content (AvgIpc) is 1.99. The van der Waals surface area contributed by atoms with E-state index >= 15 is 0 Å². The predicted molar refractivity (Wildman–Crippen MR) is 79.0 cm³/mol. The van der Waals surface area contributed by atoms with E-state index in [0.717, 1.165) is 6.61 Å². The van der Waals surface area contributed by atoms with Crippen molar-refractivity contribution in [2.45, 2.75) is 65.5 Å². The Labute approximate surface area is 108 Å². The summed E-state index contributed by atoms with van der Waals surface area (Å²) in [4.78, 5) is 0. The zero-order valence-electron chi connectivity index (χ0n) is 11.7. The highest BCUT2D eigenvalue weighted by Gasteiger charge is 2.24. The van der Waals surface area contributed by atoms with Crippen LogP contribution in [0.15, 0.2) is 0 Å². The molecule has 5 heteroatoms. The molecule has 0 aliphatic carbocycles. The average molecular weight is 284 g/mol. The summed E-state index contributed by atoms with van der Waals surface area (Å²) in [6.45, 7) is 16.5. The van der Waals surface area contributed by atoms with Crippen molar-refractivity contribution in [1.29, 1.82) is 0 Å². The van der Waals surface area contributed by atoms with Crippen molar-refractivity contribution in [3.05, 3.63) is 0 Å². The molecule has 0 aromatic heterocycles. The van der Waals surface area contributed by atoms with Gasteiger partial charge < -0.3 is 4.52 Å². The molecule has 0 saturated heterocycles. The minimum absolute atomic E-state index is 0.440. The van der Waals surface area contributed by atoms with E-state index in [1.165, 1.54) is 6.04 Å². The second-order valence-electron chi connectivity index (χ2n) is 5.94. The Hall–Kier alpha value is 0.857. The van der Waals surface area contributed by atoms with E-state index in [1.807, 2.05) is 0 Å². The van der Waals surface area contributed by atoms with Crippen LogP contribution in [0.25, 0.3) is 0 Å². The largest absolute Gasteiger partial charge is 0.332 e. The third kappa shape index (κ3) is 7.23. The van der Waals surface area contributed by atoms with Crippen LogP contribution in [0.3, 0.4) is 0 Å². The van der Waals surface area contributed by atoms with Gasteiger partial charge in [-0.05, 0) is 45.0 Å². The Kier molecular flexibility index (Phi) is 7.72. The molecule has 0 N–H and O–H groups in total. The molecule has 0 radical (unpaired) electrons. The third-order valence-electron chi connectivity index (χ3n) is 2.29. The van der Waals surface area contributed by atoms with Crippen molar-refractivity contribution in [2.24, 2.45) is 0 Å². The van der Waals surface area contributed by atoms with Gasteiger partial charge in [0.2, 0.25) is 7.65 Å². The van der Waals surface area contributed by atoms with Gasteiger partial charge in [0.05, 0.1) is 6.61 Å². The molecule has 2 nitrogen and oxygen atoms in total. The molecule has 0 heterocycles. The third-order valence-corrected chi connectivity index (χ3v) is 6.49. The van der Waals surface area contributed by atoms with Crippen molar-refractivity contribution >= 4 is 27.0 Å². The molecule has 1 unspecified atom stereocenters. The van der Waals surface area contributed by atoms with Gasteiger partial charge >= 0.3 is 0 Å². The van der Waals surface area contributed by atoms with Gasteiger partial charge in [-0.15, -0.1) is 0 Å². The molecule has 0 aliphatic rings. The summed E-state index contributed by atoms with van der Waals surface area (Å²) >= 11 is 6.35. The molecule has 0 aromatic rings. The first-order chi connectivity index (χ1) is 7.15. The van der Waals surface area contributed by atoms with E-state index < -0.39 is 15.7 Å². The van der Waals surface area contributed by atoms with Crippen molar-refractivity contribution in [3.63, 3.8) is 0 Å². The molecule has 0 saturated carbocycles. The molecule has 16 heavy (non-hydrogen) atoms. The zero-order chi connectivity index (χ0) is 12.9. The number of rotatable bonds is 7. The monoisotopic (exact) mass is 283 g/mol. The van der Waals surface area contributed by atoms with Crippen LogP contribution >= 0.6 is 18.9 Å². The lowest BCUT2D eigenvalue weighted by molar-refractivity contribution is 0.269. The van der Waals surface area contributed by atoms with Gasteiger partial charge in [0.1, 0.15) is 0 Å². The maximum absolute atomic E-state index is 6.35. The molecular formula is C11H27ClNOPSi. The highest BCUT2D eigenvalue weighted by Crippen LogP contribution is 2.49. The lowest BCUT2D eigenvalue weighted by Gasteiger charge is -2.33. The number of hydrogen-bond donors (Lipinski definition) is 0. The van der Waals surface area contributed by atoms with Gasteiger partial charge in [-0.25, -0.2) is 4.67 Å². The van der Waals surface area contributed by atoms with Gasteiger partial charge in [0.25, 0.3) is 0 Å². The van der Waals surface area contributed by atoms with E-state index in [4.69, 9.17) is 15.8 Å². The molecule has 0 aromatic carbocycles. The standard InChI is InChI=1S/C11H27ClNOPSi/c1-10(2)13(11(3)4)15(12)14-8-9-16(5,6)7/h10-11H,8-9H2,1-7H3. The van der Waals surface area contributed by atoms with E-state index in [9.17, 15) is 0 Å². The first-order valence-electron chi connectivity index (χ1n) is 6.02. The normalized spacial score (nSPS) is 15.2. The fourth-order valence-corrected chi connectivity index (χ4v) is 4.70. The molecule has 0 aliphatic heterocycles. The quantitative estimate of drug-likeness (QED) is 0.485. The summed E-state index contributed by atoms with van der Waals surface area (Å²) in [5, 5.41) is 0. The van der Waals surface area contributed by atoms with Crippen LogP contribution in [0.5, 0.6) is 0 Å². The van der Waals surface area contributed by atoms with Crippen molar-refractivity contribution in [2.75, 3.05) is 6.61 Å². The summed E-state index contributed by atoms with van der Waals surface area (Å²) in [5.74, 6) is 0. The van der Waals surface area contributed by atoms with Gasteiger partial charge in [-0.1, -0.05) is 19.6 Å². The summed E-state index contributed by atoms with van der Waals surface area (Å²) in [7, 11) is -1.95. The first-order valence-corrected chi connectivity index (χ1v) is 11.8. The van der Waals surface area contributed by atoms with E-state index in [1.54, 1.807) is 0 Å². The van der Waals surface area contributed by atoms with Crippen LogP contribution in [-0.2, 0) is 4.52 Å². The van der Waals surface area contributed by atoms with Gasteiger partial charge in [-0.3, -0.25) is 0 Å². The van der Waals surface area contributed by atoms with E-state index in [2.05, 4.69) is 52.0 Å². The van der Waals surface area contributed by atoms with Crippen molar-refractivity contribution < 1.29 is 4.52 Å². The molecule has 0 spiro atoms. The van der Waals surface area contributed by atoms with Gasteiger partial charge in [-0.2, -0.15) is 0 Å². The van der Waals surface area contributed by atoms with E-state index in [0.29, 0.717) is 12.1 Å². The summed E-state index contributed by atoms with van der Waals surface area (Å²) in [6, 6.07) is 2.06. The maximum Gasteiger partial charge on any atom is 0.207 e. The van der Waals surface area contributed by atoms with Crippen molar-refractivity contribution in [3.8, 4) is 0 Å². The predicted octanol–water partition coefficient (Wildman–Crippen LogP) is 4.93. The van der Waals surface area contributed by atoms with Crippen LogP contribution in [0.4, 0.5) is 0 Å². The second kappa shape index (κ2) is 7.33. The molecule has 0 bridgehead atoms. The fourth-order valence-electron chi connectivity index (χ4n) is 1.45. The minimum atomic E-state index is -1.00. The Morgan fingerprint density at radius 2 is 1.56 bits per heavy atom. The van der Waals surface area contributed by atoms with Crippen molar-refractivity contribution in [1.82, 2.24) is 4.67 Å². The van der Waals surface area contributed by atoms with Crippen LogP contribution < -0.4 is 0 Å². The smallest absolute Gasteiger partial charge is 0.207 e. The number of hydrogen-bond acceptors (Lipinski definition) is 2. The molecule has 0 amide bonds. The Morgan fingerprint density at radius 1 is 1.12 bits per heavy atom. The topological polar surface area (TPSA) is 12.5 Å². The van der Waals surface area contributed by atoms with Gasteiger partial charge in [0, 0.05) is 20.2 Å². The second-order valence-corrected chi connectivity index (χ2v) is 13.6. The fraction of sp³-hybridized carbons (Fsp3) is 1.00. The Morgan fingerprint density at radius 3 is 1.88 bits per heavy atom. The minimum Gasteiger partial charge on any atom is -0.332 e. The molecular weight excluding hydrogens is 257 g/mol. The molecule has 1 atom stereocenters. The molecule has 98 valence electrons. The summed E-state index contributed by atoms with van der Waals surface area (Å²) < 4.78 is 8.04. The van der Waals surface area contributed by atoms with Crippen LogP contribution in [0.2, 0.25) is 25.7 Å². The lowest BCUT2D eigenvalue weighted by Crippen LogP contribution is -2.32. The van der Waals surface area contributed by atoms with Crippen LogP contribution in [0, 0.1) is 0 Å². The Balaban J connectivity index is 4.07. The molecule has 0 fully saturated rings. The zero-order valence-corrected chi connectivity index (χ0v) is 14.4. The number of nitrogens with zero attached hydrogens (tertiary/aromatic N) is 1. The van der Waals surface area contributed by atoms with Gasteiger partial charge in [0.15, 0.2) is 0 Å². The van der Waals surface area contributed by atoms with Crippen LogP contribution in [0.1, 0.15) is 27.7 Å². The summed E-state index contributed by atoms with van der Waals surface area (Å²) in [6.07, 6.45) is 0. The SMILES string of the molecule is CC(C)N(C(C)C)P(Cl)OCC[Si](C)(C)C.